The number of furan rings is 6. The van der Waals surface area contributed by atoms with Gasteiger partial charge in [-0.1, -0.05) is 190 Å². The standard InChI is InChI=1S/C54H30O4.C24H15BO4.C6H4Br2/c1-3-8-31(9-4-1)35-14-18-47-39(23-35)43-27-45-41-25-37(16-20-49(41)57-53(45)29-51(43)55-47)33-12-7-13-34(22-33)38-17-21-50-42(26-38)46-28-44-40-24-36(32-10-5-2-6-11-32)15-19-48(40)56-52(44)30-54(46)58-50;26-25(27)16-7-9-22-18(11-16)20-12-19-17-10-15(14-4-2-1-3-5-14)6-8-21(17)28-23(19)13-24(20)29-22;7-5-2-1-3-6(8)4-5/h1-30H;1-13,26-27H;1-4H. The van der Waals surface area contributed by atoms with E-state index in [9.17, 15) is 10.0 Å². The second kappa shape index (κ2) is 22.8. The zero-order chi connectivity index (χ0) is 63.4. The van der Waals surface area contributed by atoms with Crippen LogP contribution in [0.25, 0.3) is 187 Å². The van der Waals surface area contributed by atoms with Crippen molar-refractivity contribution in [3.63, 3.8) is 0 Å². The highest BCUT2D eigenvalue weighted by molar-refractivity contribution is 9.11. The molecule has 8 nitrogen and oxygen atoms in total. The number of rotatable bonds is 6. The van der Waals surface area contributed by atoms with Gasteiger partial charge in [-0.3, -0.25) is 0 Å². The van der Waals surface area contributed by atoms with Crippen LogP contribution in [0.2, 0.25) is 0 Å². The van der Waals surface area contributed by atoms with E-state index in [0.29, 0.717) is 16.6 Å². The summed E-state index contributed by atoms with van der Waals surface area (Å²) in [5, 5.41) is 31.5. The molecule has 95 heavy (non-hydrogen) atoms. The van der Waals surface area contributed by atoms with E-state index >= 15 is 0 Å². The Hall–Kier alpha value is -11.2. The molecule has 20 rings (SSSR count). The monoisotopic (exact) mass is 1350 g/mol. The number of hydrogen-bond donors (Lipinski definition) is 2. The van der Waals surface area contributed by atoms with Crippen molar-refractivity contribution in [2.45, 2.75) is 0 Å². The molecule has 0 aliphatic carbocycles. The molecule has 0 saturated heterocycles. The van der Waals surface area contributed by atoms with Gasteiger partial charge in [-0.25, -0.2) is 0 Å². The molecule has 450 valence electrons. The van der Waals surface area contributed by atoms with E-state index in [2.05, 4.69) is 220 Å². The molecule has 20 aromatic rings. The Morgan fingerprint density at radius 1 is 0.189 bits per heavy atom. The SMILES string of the molecule is Brc1cccc(Br)c1.OB(O)c1ccc2oc3cc4oc5ccc(-c6ccccc6)cc5c4cc3c2c1.c1ccc(-c2ccc3oc4cc5oc6ccc(-c7cccc(-c8ccc9oc%10cc%11oc%12ccc(-c%13ccccc%13)cc%12c%11cc%10c9c8)c7)cc6c5cc4c3c2)cc1. The lowest BCUT2D eigenvalue weighted by atomic mass is 9.80. The molecule has 0 fully saturated rings. The summed E-state index contributed by atoms with van der Waals surface area (Å²) in [6, 6.07) is 97.6. The van der Waals surface area contributed by atoms with Gasteiger partial charge in [0.05, 0.1) is 0 Å². The van der Waals surface area contributed by atoms with Gasteiger partial charge < -0.3 is 36.6 Å². The summed E-state index contributed by atoms with van der Waals surface area (Å²) >= 11 is 6.66. The predicted octanol–water partition coefficient (Wildman–Crippen LogP) is 24.0. The van der Waals surface area contributed by atoms with Gasteiger partial charge in [0.15, 0.2) is 0 Å². The maximum absolute atomic E-state index is 9.52. The maximum atomic E-state index is 9.52. The average molecular weight is 1360 g/mol. The molecule has 0 amide bonds. The second-order valence-corrected chi connectivity index (χ2v) is 25.8. The van der Waals surface area contributed by atoms with Crippen molar-refractivity contribution < 1.29 is 36.6 Å². The average Bonchev–Trinajstić information content (AvgIpc) is 1.61. The molecule has 6 heterocycles. The first-order valence-corrected chi connectivity index (χ1v) is 32.7. The number of hydrogen-bond acceptors (Lipinski definition) is 8. The summed E-state index contributed by atoms with van der Waals surface area (Å²) in [4.78, 5) is 0. The quantitative estimate of drug-likeness (QED) is 0.158. The van der Waals surface area contributed by atoms with E-state index in [0.717, 1.165) is 174 Å². The first-order valence-electron chi connectivity index (χ1n) is 31.1. The third kappa shape index (κ3) is 10.2. The van der Waals surface area contributed by atoms with E-state index in [4.69, 9.17) is 26.5 Å². The molecule has 0 unspecified atom stereocenters. The minimum Gasteiger partial charge on any atom is -0.456 e. The largest absolute Gasteiger partial charge is 0.488 e. The zero-order valence-electron chi connectivity index (χ0n) is 50.3. The molecule has 0 aliphatic heterocycles. The molecule has 2 N–H and O–H groups in total. The summed E-state index contributed by atoms with van der Waals surface area (Å²) in [5.74, 6) is 0. The molecule has 0 spiro atoms. The van der Waals surface area contributed by atoms with Gasteiger partial charge >= 0.3 is 7.12 Å². The molecule has 0 bridgehead atoms. The van der Waals surface area contributed by atoms with Gasteiger partial charge in [-0.15, -0.1) is 0 Å². The fraction of sp³-hybridized carbons (Fsp3) is 0. The van der Waals surface area contributed by atoms with Gasteiger partial charge in [0, 0.05) is 91.8 Å². The Morgan fingerprint density at radius 3 is 0.716 bits per heavy atom. The summed E-state index contributed by atoms with van der Waals surface area (Å²) in [7, 11) is -1.52. The number of halogens is 2. The highest BCUT2D eigenvalue weighted by atomic mass is 79.9. The number of benzene rings is 14. The Morgan fingerprint density at radius 2 is 0.432 bits per heavy atom. The van der Waals surface area contributed by atoms with Crippen LogP contribution in [0.5, 0.6) is 0 Å². The van der Waals surface area contributed by atoms with Gasteiger partial charge in [0.1, 0.15) is 67.0 Å². The fourth-order valence-corrected chi connectivity index (χ4v) is 14.6. The first kappa shape index (κ1) is 56.6. The van der Waals surface area contributed by atoms with Crippen molar-refractivity contribution in [1.82, 2.24) is 0 Å². The molecule has 6 aromatic heterocycles. The third-order valence-electron chi connectivity index (χ3n) is 18.1. The van der Waals surface area contributed by atoms with Crippen molar-refractivity contribution in [1.29, 1.82) is 0 Å². The smallest absolute Gasteiger partial charge is 0.456 e. The van der Waals surface area contributed by atoms with Crippen LogP contribution in [0.15, 0.2) is 321 Å². The third-order valence-corrected chi connectivity index (χ3v) is 19.1. The highest BCUT2D eigenvalue weighted by Gasteiger charge is 2.21. The lowest BCUT2D eigenvalue weighted by Gasteiger charge is -2.07. The van der Waals surface area contributed by atoms with E-state index in [1.165, 1.54) is 11.1 Å². The van der Waals surface area contributed by atoms with E-state index in [-0.39, 0.29) is 0 Å². The number of fused-ring (bicyclic) bond motifs is 18. The molecule has 14 aromatic carbocycles. The summed E-state index contributed by atoms with van der Waals surface area (Å²) in [6.45, 7) is 0. The lowest BCUT2D eigenvalue weighted by molar-refractivity contribution is 0.426. The molecular weight excluding hydrogens is 1310 g/mol. The van der Waals surface area contributed by atoms with Crippen molar-refractivity contribution >= 4 is 176 Å². The topological polar surface area (TPSA) is 119 Å². The van der Waals surface area contributed by atoms with Crippen LogP contribution < -0.4 is 5.46 Å². The van der Waals surface area contributed by atoms with Crippen LogP contribution in [0.1, 0.15) is 0 Å². The Labute approximate surface area is 558 Å². The van der Waals surface area contributed by atoms with Gasteiger partial charge in [-0.2, -0.15) is 0 Å². The lowest BCUT2D eigenvalue weighted by Crippen LogP contribution is -2.29. The zero-order valence-corrected chi connectivity index (χ0v) is 53.5. The van der Waals surface area contributed by atoms with Crippen molar-refractivity contribution in [3.8, 4) is 55.6 Å². The molecule has 0 radical (unpaired) electrons. The first-order chi connectivity index (χ1) is 46.6. The van der Waals surface area contributed by atoms with Gasteiger partial charge in [0.25, 0.3) is 0 Å². The molecular formula is C84H49BBr2O8. The molecule has 0 atom stereocenters. The summed E-state index contributed by atoms with van der Waals surface area (Å²) in [6.07, 6.45) is 0. The fourth-order valence-electron chi connectivity index (χ4n) is 13.4. The van der Waals surface area contributed by atoms with Crippen LogP contribution in [-0.4, -0.2) is 17.2 Å². The Kier molecular flexibility index (Phi) is 13.6. The van der Waals surface area contributed by atoms with Crippen LogP contribution in [-0.2, 0) is 0 Å². The summed E-state index contributed by atoms with van der Waals surface area (Å²) < 4.78 is 39.7. The van der Waals surface area contributed by atoms with Crippen molar-refractivity contribution in [2.24, 2.45) is 0 Å². The Balaban J connectivity index is 0.000000147. The van der Waals surface area contributed by atoms with E-state index in [1.54, 1.807) is 18.2 Å². The van der Waals surface area contributed by atoms with Crippen LogP contribution >= 0.6 is 31.9 Å². The highest BCUT2D eigenvalue weighted by Crippen LogP contribution is 2.44. The minimum absolute atomic E-state index is 0.434. The van der Waals surface area contributed by atoms with Gasteiger partial charge in [0.2, 0.25) is 0 Å². The molecule has 11 heteroatoms. The van der Waals surface area contributed by atoms with Crippen LogP contribution in [0.4, 0.5) is 0 Å². The molecule has 0 aliphatic rings. The van der Waals surface area contributed by atoms with Crippen molar-refractivity contribution in [2.75, 3.05) is 0 Å². The second-order valence-electron chi connectivity index (χ2n) is 23.9. The van der Waals surface area contributed by atoms with E-state index in [1.807, 2.05) is 78.9 Å². The normalized spacial score (nSPS) is 11.8. The predicted molar refractivity (Wildman–Crippen MR) is 395 cm³/mol. The van der Waals surface area contributed by atoms with Gasteiger partial charge in [-0.05, 0) is 170 Å². The van der Waals surface area contributed by atoms with Crippen LogP contribution in [0, 0.1) is 0 Å². The Bertz CT molecular complexity index is 6150. The van der Waals surface area contributed by atoms with E-state index < -0.39 is 7.12 Å². The van der Waals surface area contributed by atoms with Crippen molar-refractivity contribution in [3.05, 3.63) is 294 Å². The van der Waals surface area contributed by atoms with Crippen LogP contribution in [0.3, 0.4) is 0 Å². The minimum atomic E-state index is -1.52. The molecule has 0 saturated carbocycles. The summed E-state index contributed by atoms with van der Waals surface area (Å²) in [5.41, 5.74) is 21.6. The maximum Gasteiger partial charge on any atom is 0.488 e.